The number of benzene rings is 2. The van der Waals surface area contributed by atoms with E-state index < -0.39 is 4.92 Å². The molecule has 0 atom stereocenters. The number of Topliss-reactive ketones (excluding diaryl/α,β-unsaturated/α-hetero) is 1. The first-order chi connectivity index (χ1) is 13.0. The first kappa shape index (κ1) is 18.0. The molecule has 0 bridgehead atoms. The number of hydrogen-bond acceptors (Lipinski definition) is 7. The number of nitrogens with one attached hydrogen (secondary N) is 2. The molecule has 27 heavy (non-hydrogen) atoms. The zero-order valence-corrected chi connectivity index (χ0v) is 14.5. The van der Waals surface area contributed by atoms with Crippen LogP contribution in [0, 0.1) is 10.1 Å². The van der Waals surface area contributed by atoms with Crippen LogP contribution in [0.25, 0.3) is 0 Å². The summed E-state index contributed by atoms with van der Waals surface area (Å²) in [5, 5.41) is 17.5. The predicted molar refractivity (Wildman–Crippen MR) is 102 cm³/mol. The second-order valence-corrected chi connectivity index (χ2v) is 5.77. The van der Waals surface area contributed by atoms with E-state index in [4.69, 9.17) is 0 Å². The van der Waals surface area contributed by atoms with Crippen LogP contribution in [0.1, 0.15) is 22.8 Å². The van der Waals surface area contributed by atoms with Gasteiger partial charge < -0.3 is 10.6 Å². The number of nitrogens with zero attached hydrogens (tertiary/aromatic N) is 3. The van der Waals surface area contributed by atoms with Gasteiger partial charge in [0.2, 0.25) is 11.6 Å². The average molecular weight is 363 g/mol. The molecule has 0 aliphatic carbocycles. The molecule has 2 aromatic carbocycles. The summed E-state index contributed by atoms with van der Waals surface area (Å²) in [6.45, 7) is 1.87. The van der Waals surface area contributed by atoms with Crippen LogP contribution in [0.5, 0.6) is 0 Å². The lowest BCUT2D eigenvalue weighted by molar-refractivity contribution is -0.383. The minimum Gasteiger partial charge on any atom is -0.360 e. The topological polar surface area (TPSA) is 110 Å². The smallest absolute Gasteiger partial charge is 0.353 e. The number of nitro groups is 1. The zero-order chi connectivity index (χ0) is 19.2. The Balaban J connectivity index is 1.84. The van der Waals surface area contributed by atoms with Gasteiger partial charge in [-0.25, -0.2) is 9.97 Å². The molecule has 0 saturated heterocycles. The minimum atomic E-state index is -0.528. The molecule has 0 aliphatic heterocycles. The zero-order valence-electron chi connectivity index (χ0n) is 14.5. The number of carbonyl (C=O) groups excluding carboxylic acids is 1. The van der Waals surface area contributed by atoms with E-state index in [1.54, 1.807) is 24.3 Å². The van der Waals surface area contributed by atoms with Gasteiger partial charge in [0.25, 0.3) is 0 Å². The van der Waals surface area contributed by atoms with E-state index in [0.717, 1.165) is 5.56 Å². The van der Waals surface area contributed by atoms with Crippen molar-refractivity contribution in [3.05, 3.63) is 82.2 Å². The normalized spacial score (nSPS) is 10.3. The molecule has 3 rings (SSSR count). The summed E-state index contributed by atoms with van der Waals surface area (Å²) in [4.78, 5) is 30.4. The van der Waals surface area contributed by atoms with Crippen molar-refractivity contribution in [1.82, 2.24) is 9.97 Å². The number of aromatic nitrogens is 2. The maximum absolute atomic E-state index is 11.6. The lowest BCUT2D eigenvalue weighted by Gasteiger charge is -2.10. The summed E-state index contributed by atoms with van der Waals surface area (Å²) in [5.41, 5.74) is 1.86. The van der Waals surface area contributed by atoms with Crippen molar-refractivity contribution in [3.8, 4) is 0 Å². The van der Waals surface area contributed by atoms with E-state index in [0.29, 0.717) is 17.8 Å². The summed E-state index contributed by atoms with van der Waals surface area (Å²) in [5.74, 6) is 0.143. The van der Waals surface area contributed by atoms with Crippen molar-refractivity contribution in [1.29, 1.82) is 0 Å². The number of hydrogen-bond donors (Lipinski definition) is 2. The van der Waals surface area contributed by atoms with Crippen LogP contribution in [0.15, 0.2) is 60.9 Å². The molecule has 0 fully saturated rings. The van der Waals surface area contributed by atoms with E-state index in [-0.39, 0.29) is 23.1 Å². The second kappa shape index (κ2) is 8.05. The fourth-order valence-electron chi connectivity index (χ4n) is 2.48. The Labute approximate surface area is 155 Å². The Bertz CT molecular complexity index is 959. The SMILES string of the molecule is CC(=O)c1ccc(Nc2ncnc(NCc3ccccc3)c2[N+](=O)[O-])cc1. The molecule has 1 heterocycles. The van der Waals surface area contributed by atoms with Crippen LogP contribution < -0.4 is 10.6 Å². The van der Waals surface area contributed by atoms with Crippen molar-refractivity contribution in [2.45, 2.75) is 13.5 Å². The van der Waals surface area contributed by atoms with E-state index in [1.165, 1.54) is 13.3 Å². The minimum absolute atomic E-state index is 0.0537. The van der Waals surface area contributed by atoms with Gasteiger partial charge in [0.1, 0.15) is 6.33 Å². The molecule has 0 spiro atoms. The van der Waals surface area contributed by atoms with Gasteiger partial charge in [-0.3, -0.25) is 14.9 Å². The Kier molecular flexibility index (Phi) is 5.36. The van der Waals surface area contributed by atoms with E-state index in [2.05, 4.69) is 20.6 Å². The lowest BCUT2D eigenvalue weighted by Crippen LogP contribution is -2.08. The Morgan fingerprint density at radius 1 is 1.04 bits per heavy atom. The van der Waals surface area contributed by atoms with Crippen molar-refractivity contribution < 1.29 is 9.72 Å². The van der Waals surface area contributed by atoms with Gasteiger partial charge in [0.05, 0.1) is 4.92 Å². The maximum Gasteiger partial charge on any atom is 0.353 e. The summed E-state index contributed by atoms with van der Waals surface area (Å²) in [6, 6.07) is 16.1. The Morgan fingerprint density at radius 2 is 1.70 bits per heavy atom. The van der Waals surface area contributed by atoms with Gasteiger partial charge >= 0.3 is 5.69 Å². The number of rotatable bonds is 7. The standard InChI is InChI=1S/C19H17N5O3/c1-13(25)15-7-9-16(10-8-15)23-19-17(24(26)27)18(21-12-22-19)20-11-14-5-3-2-4-6-14/h2-10,12H,11H2,1H3,(H2,20,21,22,23). The van der Waals surface area contributed by atoms with E-state index >= 15 is 0 Å². The van der Waals surface area contributed by atoms with E-state index in [9.17, 15) is 14.9 Å². The maximum atomic E-state index is 11.6. The van der Waals surface area contributed by atoms with Gasteiger partial charge in [0.15, 0.2) is 5.78 Å². The molecule has 0 unspecified atom stereocenters. The monoisotopic (exact) mass is 363 g/mol. The highest BCUT2D eigenvalue weighted by Gasteiger charge is 2.23. The highest BCUT2D eigenvalue weighted by Crippen LogP contribution is 2.31. The predicted octanol–water partition coefficient (Wildman–Crippen LogP) is 3.94. The number of anilines is 3. The largest absolute Gasteiger partial charge is 0.360 e. The second-order valence-electron chi connectivity index (χ2n) is 5.77. The molecule has 136 valence electrons. The number of carbonyl (C=O) groups is 1. The van der Waals surface area contributed by atoms with Crippen LogP contribution >= 0.6 is 0 Å². The highest BCUT2D eigenvalue weighted by molar-refractivity contribution is 5.94. The van der Waals surface area contributed by atoms with Crippen LogP contribution in [0.3, 0.4) is 0 Å². The fourth-order valence-corrected chi connectivity index (χ4v) is 2.48. The van der Waals surface area contributed by atoms with Crippen LogP contribution in [-0.2, 0) is 6.54 Å². The summed E-state index contributed by atoms with van der Waals surface area (Å²) >= 11 is 0. The summed E-state index contributed by atoms with van der Waals surface area (Å²) in [6.07, 6.45) is 1.26. The Hall–Kier alpha value is -3.81. The van der Waals surface area contributed by atoms with Crippen molar-refractivity contribution in [2.75, 3.05) is 10.6 Å². The molecular weight excluding hydrogens is 346 g/mol. The molecule has 0 amide bonds. The third-order valence-electron chi connectivity index (χ3n) is 3.86. The van der Waals surface area contributed by atoms with Gasteiger partial charge in [-0.15, -0.1) is 0 Å². The Morgan fingerprint density at radius 3 is 2.33 bits per heavy atom. The van der Waals surface area contributed by atoms with Crippen molar-refractivity contribution >= 4 is 28.8 Å². The molecule has 0 radical (unpaired) electrons. The molecule has 0 saturated carbocycles. The number of ketones is 1. The third kappa shape index (κ3) is 4.43. The van der Waals surface area contributed by atoms with Gasteiger partial charge in [0, 0.05) is 17.8 Å². The summed E-state index contributed by atoms with van der Waals surface area (Å²) < 4.78 is 0. The molecule has 8 nitrogen and oxygen atoms in total. The van der Waals surface area contributed by atoms with Gasteiger partial charge in [-0.05, 0) is 36.8 Å². The highest BCUT2D eigenvalue weighted by atomic mass is 16.6. The van der Waals surface area contributed by atoms with Crippen LogP contribution in [-0.4, -0.2) is 20.7 Å². The molecular formula is C19H17N5O3. The third-order valence-corrected chi connectivity index (χ3v) is 3.86. The van der Waals surface area contributed by atoms with Gasteiger partial charge in [-0.2, -0.15) is 0 Å². The fraction of sp³-hybridized carbons (Fsp3) is 0.105. The van der Waals surface area contributed by atoms with E-state index in [1.807, 2.05) is 30.3 Å². The molecule has 8 heteroatoms. The molecule has 3 aromatic rings. The quantitative estimate of drug-likeness (QED) is 0.371. The lowest BCUT2D eigenvalue weighted by atomic mass is 10.1. The average Bonchev–Trinajstić information content (AvgIpc) is 2.67. The van der Waals surface area contributed by atoms with Crippen molar-refractivity contribution in [2.24, 2.45) is 0 Å². The molecule has 2 N–H and O–H groups in total. The summed E-state index contributed by atoms with van der Waals surface area (Å²) in [7, 11) is 0. The van der Waals surface area contributed by atoms with Crippen LogP contribution in [0.4, 0.5) is 23.0 Å². The van der Waals surface area contributed by atoms with Gasteiger partial charge in [-0.1, -0.05) is 30.3 Å². The van der Waals surface area contributed by atoms with Crippen LogP contribution in [0.2, 0.25) is 0 Å². The van der Waals surface area contributed by atoms with Crippen molar-refractivity contribution in [3.63, 3.8) is 0 Å². The molecule has 1 aromatic heterocycles. The first-order valence-electron chi connectivity index (χ1n) is 8.20. The molecule has 0 aliphatic rings. The first-order valence-corrected chi connectivity index (χ1v) is 8.20.